The third kappa shape index (κ3) is 3.14. The molecule has 0 aliphatic rings. The largest absolute Gasteiger partial charge is 0.481 e. The molecule has 17 heavy (non-hydrogen) atoms. The molecule has 1 rings (SSSR count). The van der Waals surface area contributed by atoms with Gasteiger partial charge >= 0.3 is 5.97 Å². The van der Waals surface area contributed by atoms with Crippen molar-refractivity contribution in [3.8, 4) is 6.07 Å². The number of Topliss-reactive ketones (excluding diaryl/α,β-unsaturated/α-hetero) is 1. The molecule has 0 amide bonds. The highest BCUT2D eigenvalue weighted by Gasteiger charge is 2.19. The summed E-state index contributed by atoms with van der Waals surface area (Å²) in [6, 6.07) is 6.53. The number of carbonyl (C=O) groups is 2. The highest BCUT2D eigenvalue weighted by atomic mass is 79.9. The summed E-state index contributed by atoms with van der Waals surface area (Å²) in [4.78, 5) is 22.2. The maximum atomic E-state index is 11.9. The van der Waals surface area contributed by atoms with Crippen LogP contribution in [0.1, 0.15) is 28.4 Å². The summed E-state index contributed by atoms with van der Waals surface area (Å²) in [5, 5.41) is 17.7. The number of carboxylic acids is 1. The van der Waals surface area contributed by atoms with E-state index >= 15 is 0 Å². The molecule has 0 heterocycles. The van der Waals surface area contributed by atoms with Gasteiger partial charge in [0.25, 0.3) is 0 Å². The van der Waals surface area contributed by atoms with Crippen molar-refractivity contribution in [1.82, 2.24) is 0 Å². The summed E-state index contributed by atoms with van der Waals surface area (Å²) in [6.45, 7) is 1.66. The Morgan fingerprint density at radius 1 is 1.53 bits per heavy atom. The smallest absolute Gasteiger partial charge is 0.307 e. The lowest BCUT2D eigenvalue weighted by atomic mass is 9.95. The van der Waals surface area contributed by atoms with Gasteiger partial charge in [-0.15, -0.1) is 0 Å². The lowest BCUT2D eigenvalue weighted by Crippen LogP contribution is -2.15. The molecule has 0 fully saturated rings. The molecular formula is C12H10BrNO3. The number of nitrogens with zero attached hydrogens (tertiary/aromatic N) is 1. The second kappa shape index (κ2) is 5.60. The zero-order valence-electron chi connectivity index (χ0n) is 9.11. The Labute approximate surface area is 107 Å². The summed E-state index contributed by atoms with van der Waals surface area (Å²) >= 11 is 3.14. The molecule has 4 nitrogen and oxygen atoms in total. The molecule has 88 valence electrons. The molecule has 0 aromatic heterocycles. The number of aliphatic carboxylic acids is 1. The number of hydrogen-bond acceptors (Lipinski definition) is 3. The number of rotatable bonds is 4. The quantitative estimate of drug-likeness (QED) is 0.682. The van der Waals surface area contributed by atoms with Crippen molar-refractivity contribution in [2.75, 3.05) is 0 Å². The fourth-order valence-electron chi connectivity index (χ4n) is 1.48. The van der Waals surface area contributed by atoms with Gasteiger partial charge < -0.3 is 5.11 Å². The number of ketones is 1. The topological polar surface area (TPSA) is 78.2 Å². The molecule has 1 atom stereocenters. The van der Waals surface area contributed by atoms with Gasteiger partial charge in [0.1, 0.15) is 0 Å². The molecule has 0 radical (unpaired) electrons. The van der Waals surface area contributed by atoms with E-state index in [1.807, 2.05) is 6.07 Å². The summed E-state index contributed by atoms with van der Waals surface area (Å²) < 4.78 is 0. The first-order chi connectivity index (χ1) is 7.97. The van der Waals surface area contributed by atoms with Crippen molar-refractivity contribution < 1.29 is 14.7 Å². The Hall–Kier alpha value is -1.67. The van der Waals surface area contributed by atoms with Gasteiger partial charge in [0.05, 0.1) is 22.9 Å². The van der Waals surface area contributed by atoms with Crippen molar-refractivity contribution in [1.29, 1.82) is 5.26 Å². The fourth-order valence-corrected chi connectivity index (χ4v) is 1.73. The SMILES string of the molecule is CC(Br)C(=O)c1cccc(C#N)c1CC(=O)O. The summed E-state index contributed by atoms with van der Waals surface area (Å²) in [5.41, 5.74) is 0.793. The Bertz CT molecular complexity index is 503. The van der Waals surface area contributed by atoms with Crippen molar-refractivity contribution in [2.24, 2.45) is 0 Å². The second-order valence-electron chi connectivity index (χ2n) is 3.49. The van der Waals surface area contributed by atoms with E-state index in [-0.39, 0.29) is 28.9 Å². The monoisotopic (exact) mass is 295 g/mol. The van der Waals surface area contributed by atoms with Gasteiger partial charge in [0.15, 0.2) is 5.78 Å². The van der Waals surface area contributed by atoms with Crippen molar-refractivity contribution >= 4 is 27.7 Å². The predicted molar refractivity (Wildman–Crippen MR) is 65.2 cm³/mol. The molecule has 0 saturated carbocycles. The normalized spacial score (nSPS) is 11.6. The van der Waals surface area contributed by atoms with Gasteiger partial charge in [-0.2, -0.15) is 5.26 Å². The van der Waals surface area contributed by atoms with Crippen molar-refractivity contribution in [3.63, 3.8) is 0 Å². The van der Waals surface area contributed by atoms with E-state index in [2.05, 4.69) is 15.9 Å². The van der Waals surface area contributed by atoms with Crippen LogP contribution in [0.4, 0.5) is 0 Å². The van der Waals surface area contributed by atoms with E-state index < -0.39 is 10.8 Å². The van der Waals surface area contributed by atoms with Crippen LogP contribution in [-0.4, -0.2) is 21.7 Å². The first kappa shape index (κ1) is 13.4. The predicted octanol–water partition coefficient (Wildman–Crippen LogP) is 2.15. The average molecular weight is 296 g/mol. The minimum Gasteiger partial charge on any atom is -0.481 e. The minimum absolute atomic E-state index is 0.224. The van der Waals surface area contributed by atoms with Crippen LogP contribution in [0, 0.1) is 11.3 Å². The molecule has 1 N–H and O–H groups in total. The Balaban J connectivity index is 3.35. The first-order valence-electron chi connectivity index (χ1n) is 4.89. The summed E-state index contributed by atoms with van der Waals surface area (Å²) in [7, 11) is 0. The third-order valence-electron chi connectivity index (χ3n) is 2.25. The molecular weight excluding hydrogens is 286 g/mol. The second-order valence-corrected chi connectivity index (χ2v) is 4.87. The van der Waals surface area contributed by atoms with E-state index in [1.165, 1.54) is 6.07 Å². The van der Waals surface area contributed by atoms with Gasteiger partial charge in [-0.1, -0.05) is 28.1 Å². The molecule has 0 spiro atoms. The highest BCUT2D eigenvalue weighted by molar-refractivity contribution is 9.10. The van der Waals surface area contributed by atoms with Gasteiger partial charge in [-0.05, 0) is 18.6 Å². The maximum absolute atomic E-state index is 11.9. The minimum atomic E-state index is -1.07. The van der Waals surface area contributed by atoms with E-state index in [9.17, 15) is 9.59 Å². The van der Waals surface area contributed by atoms with Crippen LogP contribution < -0.4 is 0 Å². The van der Waals surface area contributed by atoms with Crippen LogP contribution in [0.25, 0.3) is 0 Å². The van der Waals surface area contributed by atoms with Crippen LogP contribution in [0.2, 0.25) is 0 Å². The molecule has 0 bridgehead atoms. The Morgan fingerprint density at radius 3 is 2.65 bits per heavy atom. The number of benzene rings is 1. The van der Waals surface area contributed by atoms with Crippen LogP contribution in [-0.2, 0) is 11.2 Å². The average Bonchev–Trinajstić information content (AvgIpc) is 2.27. The van der Waals surface area contributed by atoms with Gasteiger partial charge in [-0.3, -0.25) is 9.59 Å². The molecule has 0 aliphatic heterocycles. The van der Waals surface area contributed by atoms with Gasteiger partial charge in [0, 0.05) is 5.56 Å². The highest BCUT2D eigenvalue weighted by Crippen LogP contribution is 2.19. The molecule has 1 unspecified atom stereocenters. The molecule has 1 aromatic rings. The number of alkyl halides is 1. The standard InChI is InChI=1S/C12H10BrNO3/c1-7(13)12(17)9-4-2-3-8(6-14)10(9)5-11(15)16/h2-4,7H,5H2,1H3,(H,15,16). The zero-order chi connectivity index (χ0) is 13.0. The fraction of sp³-hybridized carbons (Fsp3) is 0.250. The lowest BCUT2D eigenvalue weighted by molar-refractivity contribution is -0.136. The van der Waals surface area contributed by atoms with Gasteiger partial charge in [0.2, 0.25) is 0 Å². The van der Waals surface area contributed by atoms with Gasteiger partial charge in [-0.25, -0.2) is 0 Å². The lowest BCUT2D eigenvalue weighted by Gasteiger charge is -2.09. The van der Waals surface area contributed by atoms with E-state index in [4.69, 9.17) is 10.4 Å². The molecule has 5 heteroatoms. The molecule has 0 aliphatic carbocycles. The van der Waals surface area contributed by atoms with E-state index in [1.54, 1.807) is 19.1 Å². The van der Waals surface area contributed by atoms with Crippen LogP contribution in [0.3, 0.4) is 0 Å². The number of halogens is 1. The van der Waals surface area contributed by atoms with E-state index in [0.717, 1.165) is 0 Å². The first-order valence-corrected chi connectivity index (χ1v) is 5.81. The maximum Gasteiger partial charge on any atom is 0.307 e. The van der Waals surface area contributed by atoms with Crippen LogP contribution >= 0.6 is 15.9 Å². The number of carboxylic acid groups (broad SMARTS) is 1. The number of hydrogen-bond donors (Lipinski definition) is 1. The molecule has 0 saturated heterocycles. The van der Waals surface area contributed by atoms with E-state index in [0.29, 0.717) is 0 Å². The molecule has 1 aromatic carbocycles. The zero-order valence-corrected chi connectivity index (χ0v) is 10.7. The third-order valence-corrected chi connectivity index (χ3v) is 2.67. The summed E-state index contributed by atoms with van der Waals surface area (Å²) in [6.07, 6.45) is -0.329. The summed E-state index contributed by atoms with van der Waals surface area (Å²) in [5.74, 6) is -1.29. The van der Waals surface area contributed by atoms with Crippen LogP contribution in [0.5, 0.6) is 0 Å². The van der Waals surface area contributed by atoms with Crippen molar-refractivity contribution in [3.05, 3.63) is 34.9 Å². The number of nitriles is 1. The Morgan fingerprint density at radius 2 is 2.18 bits per heavy atom. The van der Waals surface area contributed by atoms with Crippen LogP contribution in [0.15, 0.2) is 18.2 Å². The van der Waals surface area contributed by atoms with Crippen molar-refractivity contribution in [2.45, 2.75) is 18.2 Å². The number of carbonyl (C=O) groups excluding carboxylic acids is 1. The Kier molecular flexibility index (Phi) is 4.41.